The molecule has 42 heavy (non-hydrogen) atoms. The minimum absolute atomic E-state index is 0.326. The van der Waals surface area contributed by atoms with Crippen LogP contribution in [-0.4, -0.2) is 25.2 Å². The van der Waals surface area contributed by atoms with Crippen LogP contribution in [0.15, 0.2) is 109 Å². The van der Waals surface area contributed by atoms with E-state index in [9.17, 15) is 9.59 Å². The molecule has 216 valence electrons. The molecule has 0 heterocycles. The van der Waals surface area contributed by atoms with Gasteiger partial charge in [0.25, 0.3) is 0 Å². The van der Waals surface area contributed by atoms with E-state index in [1.807, 2.05) is 86.7 Å². The van der Waals surface area contributed by atoms with E-state index in [1.54, 1.807) is 38.1 Å². The van der Waals surface area contributed by atoms with E-state index in [-0.39, 0.29) is 0 Å². The number of benzene rings is 3. The lowest BCUT2D eigenvalue weighted by Gasteiger charge is -2.16. The Bertz CT molecular complexity index is 1510. The van der Waals surface area contributed by atoms with Gasteiger partial charge in [0.15, 0.2) is 0 Å². The van der Waals surface area contributed by atoms with Gasteiger partial charge in [-0.1, -0.05) is 73.9 Å². The lowest BCUT2D eigenvalue weighted by atomic mass is 10.0. The average Bonchev–Trinajstić information content (AvgIpc) is 2.98. The molecule has 6 heteroatoms. The van der Waals surface area contributed by atoms with E-state index in [2.05, 4.69) is 13.2 Å². The van der Waals surface area contributed by atoms with Gasteiger partial charge in [0.05, 0.1) is 0 Å². The van der Waals surface area contributed by atoms with E-state index >= 15 is 0 Å². The molecule has 0 aromatic heterocycles. The standard InChI is InChI=1S/C36H36O6/c1-7-9-21-39-33-24-32(28-15-19-31(20-16-28)42-36(38)26(5)6)34(40-22-10-8-2)23-29(33)14-11-27-12-17-30(18-13-27)41-35(37)25(3)4/h7-20,23-24H,3,5,21-22H2,1-2,4,6H3/b9-7+,10-8+,14-11+. The zero-order valence-corrected chi connectivity index (χ0v) is 24.5. The van der Waals surface area contributed by atoms with Crippen LogP contribution >= 0.6 is 0 Å². The maximum absolute atomic E-state index is 11.9. The number of ether oxygens (including phenoxy) is 4. The minimum Gasteiger partial charge on any atom is -0.489 e. The predicted octanol–water partition coefficient (Wildman–Crippen LogP) is 8.40. The molecule has 0 aliphatic rings. The largest absolute Gasteiger partial charge is 0.489 e. The smallest absolute Gasteiger partial charge is 0.338 e. The van der Waals surface area contributed by atoms with Crippen LogP contribution in [0.3, 0.4) is 0 Å². The van der Waals surface area contributed by atoms with Gasteiger partial charge >= 0.3 is 11.9 Å². The number of carbonyl (C=O) groups excluding carboxylic acids is 2. The Hall–Kier alpha value is -5.10. The molecule has 3 aromatic rings. The van der Waals surface area contributed by atoms with Crippen LogP contribution < -0.4 is 18.9 Å². The van der Waals surface area contributed by atoms with Gasteiger partial charge in [0.2, 0.25) is 0 Å². The first-order chi connectivity index (χ1) is 20.2. The molecule has 0 atom stereocenters. The molecule has 0 aliphatic heterocycles. The summed E-state index contributed by atoms with van der Waals surface area (Å²) in [4.78, 5) is 23.7. The molecule has 0 saturated heterocycles. The maximum Gasteiger partial charge on any atom is 0.338 e. The fourth-order valence-corrected chi connectivity index (χ4v) is 3.57. The number of allylic oxidation sites excluding steroid dienone is 2. The first-order valence-electron chi connectivity index (χ1n) is 13.5. The van der Waals surface area contributed by atoms with Crippen molar-refractivity contribution >= 4 is 24.1 Å². The Morgan fingerprint density at radius 1 is 0.690 bits per heavy atom. The summed E-state index contributed by atoms with van der Waals surface area (Å²) in [6.45, 7) is 15.1. The lowest BCUT2D eigenvalue weighted by molar-refractivity contribution is -0.130. The maximum atomic E-state index is 11.9. The third-order valence-corrected chi connectivity index (χ3v) is 5.87. The Labute approximate surface area is 247 Å². The molecule has 0 spiro atoms. The summed E-state index contributed by atoms with van der Waals surface area (Å²) in [7, 11) is 0. The number of esters is 2. The SMILES string of the molecule is C=C(C)C(=O)Oc1ccc(/C=C/c2cc(OC/C=C/C)c(-c3ccc(OC(=O)C(=C)C)cc3)cc2OC/C=C/C)cc1. The van der Waals surface area contributed by atoms with Crippen LogP contribution in [0, 0.1) is 0 Å². The molecule has 0 amide bonds. The second-order valence-corrected chi connectivity index (χ2v) is 9.41. The quantitative estimate of drug-likeness (QED) is 0.0683. The highest BCUT2D eigenvalue weighted by Crippen LogP contribution is 2.38. The Kier molecular flexibility index (Phi) is 11.7. The molecule has 3 rings (SSSR count). The van der Waals surface area contributed by atoms with Gasteiger partial charge in [-0.15, -0.1) is 0 Å². The van der Waals surface area contributed by atoms with Crippen molar-refractivity contribution in [2.24, 2.45) is 0 Å². The number of rotatable bonds is 13. The van der Waals surface area contributed by atoms with Crippen molar-refractivity contribution in [3.05, 3.63) is 120 Å². The fourth-order valence-electron chi connectivity index (χ4n) is 3.57. The molecule has 0 saturated carbocycles. The summed E-state index contributed by atoms with van der Waals surface area (Å²) in [5.74, 6) is 1.26. The first kappa shape index (κ1) is 31.4. The summed E-state index contributed by atoms with van der Waals surface area (Å²) in [5, 5.41) is 0. The van der Waals surface area contributed by atoms with Gasteiger partial charge in [-0.05, 0) is 75.2 Å². The molecule has 3 aromatic carbocycles. The van der Waals surface area contributed by atoms with E-state index < -0.39 is 11.9 Å². The van der Waals surface area contributed by atoms with Gasteiger partial charge in [0, 0.05) is 22.3 Å². The Morgan fingerprint density at radius 2 is 1.19 bits per heavy atom. The van der Waals surface area contributed by atoms with Gasteiger partial charge < -0.3 is 18.9 Å². The van der Waals surface area contributed by atoms with Crippen LogP contribution in [0.1, 0.15) is 38.8 Å². The van der Waals surface area contributed by atoms with Crippen molar-refractivity contribution < 1.29 is 28.5 Å². The summed E-state index contributed by atoms with van der Waals surface area (Å²) in [5.41, 5.74) is 4.09. The zero-order valence-electron chi connectivity index (χ0n) is 24.5. The number of carbonyl (C=O) groups is 2. The van der Waals surface area contributed by atoms with E-state index in [0.717, 1.165) is 22.3 Å². The van der Waals surface area contributed by atoms with Crippen LogP contribution in [0.25, 0.3) is 23.3 Å². The van der Waals surface area contributed by atoms with Gasteiger partial charge in [0.1, 0.15) is 36.2 Å². The molecule has 0 unspecified atom stereocenters. The summed E-state index contributed by atoms with van der Waals surface area (Å²) in [6, 6.07) is 18.3. The second-order valence-electron chi connectivity index (χ2n) is 9.41. The van der Waals surface area contributed by atoms with Crippen molar-refractivity contribution in [2.45, 2.75) is 27.7 Å². The van der Waals surface area contributed by atoms with Crippen molar-refractivity contribution in [3.8, 4) is 34.1 Å². The molecule has 0 fully saturated rings. The van der Waals surface area contributed by atoms with Crippen LogP contribution in [-0.2, 0) is 9.59 Å². The summed E-state index contributed by atoms with van der Waals surface area (Å²) in [6.07, 6.45) is 11.6. The van der Waals surface area contributed by atoms with Gasteiger partial charge in [-0.2, -0.15) is 0 Å². The van der Waals surface area contributed by atoms with E-state index in [0.29, 0.717) is 47.4 Å². The lowest BCUT2D eigenvalue weighted by Crippen LogP contribution is -2.07. The fraction of sp³-hybridized carbons (Fsp3) is 0.167. The number of hydrogen-bond donors (Lipinski definition) is 0. The molecular formula is C36H36O6. The zero-order chi connectivity index (χ0) is 30.5. The topological polar surface area (TPSA) is 71.1 Å². The van der Waals surface area contributed by atoms with Crippen LogP contribution in [0.5, 0.6) is 23.0 Å². The molecule has 0 N–H and O–H groups in total. The molecule has 0 bridgehead atoms. The average molecular weight is 565 g/mol. The third kappa shape index (κ3) is 9.24. The molecule has 6 nitrogen and oxygen atoms in total. The summed E-state index contributed by atoms with van der Waals surface area (Å²) < 4.78 is 22.9. The first-order valence-corrected chi connectivity index (χ1v) is 13.5. The van der Waals surface area contributed by atoms with Crippen molar-refractivity contribution in [3.63, 3.8) is 0 Å². The summed E-state index contributed by atoms with van der Waals surface area (Å²) >= 11 is 0. The molecule has 0 aliphatic carbocycles. The van der Waals surface area contributed by atoms with Crippen molar-refractivity contribution in [2.75, 3.05) is 13.2 Å². The Morgan fingerprint density at radius 3 is 1.69 bits per heavy atom. The minimum atomic E-state index is -0.476. The van der Waals surface area contributed by atoms with Crippen LogP contribution in [0.4, 0.5) is 0 Å². The molecule has 0 radical (unpaired) electrons. The second kappa shape index (κ2) is 15.6. The normalized spacial score (nSPS) is 11.1. The number of hydrogen-bond acceptors (Lipinski definition) is 6. The highest BCUT2D eigenvalue weighted by molar-refractivity contribution is 5.89. The predicted molar refractivity (Wildman–Crippen MR) is 169 cm³/mol. The monoisotopic (exact) mass is 564 g/mol. The highest BCUT2D eigenvalue weighted by atomic mass is 16.5. The van der Waals surface area contributed by atoms with Crippen molar-refractivity contribution in [1.82, 2.24) is 0 Å². The third-order valence-electron chi connectivity index (χ3n) is 5.87. The Balaban J connectivity index is 1.98. The van der Waals surface area contributed by atoms with E-state index in [1.165, 1.54) is 0 Å². The van der Waals surface area contributed by atoms with Crippen LogP contribution in [0.2, 0.25) is 0 Å². The van der Waals surface area contributed by atoms with Crippen molar-refractivity contribution in [1.29, 1.82) is 0 Å². The van der Waals surface area contributed by atoms with E-state index in [4.69, 9.17) is 18.9 Å². The van der Waals surface area contributed by atoms with Gasteiger partial charge in [-0.25, -0.2) is 9.59 Å². The molecular weight excluding hydrogens is 528 g/mol. The highest BCUT2D eigenvalue weighted by Gasteiger charge is 2.14. The van der Waals surface area contributed by atoms with Gasteiger partial charge in [-0.3, -0.25) is 0 Å².